The number of morpholine rings is 1. The first-order chi connectivity index (χ1) is 7.79. The topological polar surface area (TPSA) is 67.6 Å². The lowest BCUT2D eigenvalue weighted by Crippen LogP contribution is -2.51. The molecule has 0 radical (unpaired) electrons. The van der Waals surface area contributed by atoms with Gasteiger partial charge in [0, 0.05) is 19.6 Å². The van der Waals surface area contributed by atoms with Crippen LogP contribution in [0.2, 0.25) is 0 Å². The zero-order valence-corrected chi connectivity index (χ0v) is 9.65. The maximum Gasteiger partial charge on any atom is 0.248 e. The Labute approximate surface area is 96.3 Å². The van der Waals surface area contributed by atoms with Crippen LogP contribution in [-0.2, 0) is 9.53 Å². The third kappa shape index (κ3) is 2.93. The monoisotopic (exact) mass is 227 g/mol. The van der Waals surface area contributed by atoms with Crippen molar-refractivity contribution in [2.45, 2.75) is 18.9 Å². The molecule has 2 aliphatic rings. The molecule has 0 spiro atoms. The molecule has 5 nitrogen and oxygen atoms in total. The van der Waals surface area contributed by atoms with Gasteiger partial charge in [-0.15, -0.1) is 0 Å². The van der Waals surface area contributed by atoms with E-state index in [1.165, 1.54) is 0 Å². The van der Waals surface area contributed by atoms with Crippen LogP contribution in [0, 0.1) is 5.92 Å². The lowest BCUT2D eigenvalue weighted by atomic mass is 9.97. The highest BCUT2D eigenvalue weighted by molar-refractivity contribution is 5.78. The summed E-state index contributed by atoms with van der Waals surface area (Å²) in [5.41, 5.74) is 5.57. The summed E-state index contributed by atoms with van der Waals surface area (Å²) in [6.45, 7) is 4.38. The number of nitrogens with two attached hydrogens (primary N) is 1. The average molecular weight is 227 g/mol. The smallest absolute Gasteiger partial charge is 0.248 e. The fourth-order valence-electron chi connectivity index (χ4n) is 2.38. The molecule has 0 aromatic heterocycles. The first-order valence-corrected chi connectivity index (χ1v) is 6.09. The largest absolute Gasteiger partial charge is 0.365 e. The third-order valence-electron chi connectivity index (χ3n) is 3.42. The summed E-state index contributed by atoms with van der Waals surface area (Å²) in [4.78, 5) is 13.6. The number of carbonyl (C=O) groups is 1. The van der Waals surface area contributed by atoms with E-state index in [2.05, 4.69) is 5.32 Å². The van der Waals surface area contributed by atoms with Crippen molar-refractivity contribution in [3.63, 3.8) is 0 Å². The predicted octanol–water partition coefficient (Wildman–Crippen LogP) is -0.828. The molecule has 0 bridgehead atoms. The number of hydrogen-bond donors (Lipinski definition) is 2. The summed E-state index contributed by atoms with van der Waals surface area (Å²) < 4.78 is 5.33. The molecule has 0 aliphatic carbocycles. The fourth-order valence-corrected chi connectivity index (χ4v) is 2.38. The van der Waals surface area contributed by atoms with E-state index in [1.54, 1.807) is 0 Å². The number of piperidine rings is 1. The molecule has 2 fully saturated rings. The molecule has 0 aromatic rings. The quantitative estimate of drug-likeness (QED) is 0.660. The van der Waals surface area contributed by atoms with Crippen molar-refractivity contribution in [2.75, 3.05) is 39.3 Å². The number of ether oxygens (including phenoxy) is 1. The molecule has 0 aromatic carbocycles. The average Bonchev–Trinajstić information content (AvgIpc) is 2.33. The van der Waals surface area contributed by atoms with Crippen molar-refractivity contribution in [2.24, 2.45) is 11.7 Å². The molecule has 1 unspecified atom stereocenters. The van der Waals surface area contributed by atoms with Crippen molar-refractivity contribution in [1.82, 2.24) is 10.2 Å². The van der Waals surface area contributed by atoms with Gasteiger partial charge in [-0.05, 0) is 31.8 Å². The van der Waals surface area contributed by atoms with Crippen LogP contribution in [0.25, 0.3) is 0 Å². The number of carbonyl (C=O) groups excluding carboxylic acids is 1. The molecule has 1 amide bonds. The number of nitrogens with one attached hydrogen (secondary N) is 1. The molecule has 2 aliphatic heterocycles. The Morgan fingerprint density at radius 2 is 2.19 bits per heavy atom. The summed E-state index contributed by atoms with van der Waals surface area (Å²) in [5.74, 6) is 0.755. The van der Waals surface area contributed by atoms with Crippen LogP contribution in [0.15, 0.2) is 0 Å². The molecule has 1 atom stereocenters. The van der Waals surface area contributed by atoms with Gasteiger partial charge in [-0.3, -0.25) is 4.79 Å². The Hall–Kier alpha value is -0.650. The molecule has 16 heavy (non-hydrogen) atoms. The van der Waals surface area contributed by atoms with Crippen LogP contribution in [0.5, 0.6) is 0 Å². The van der Waals surface area contributed by atoms with Crippen LogP contribution in [0.4, 0.5) is 0 Å². The maximum absolute atomic E-state index is 11.7. The highest BCUT2D eigenvalue weighted by atomic mass is 16.5. The SMILES string of the molecule is NCC1CN(CC2CCNCC2)C(=O)CO1. The summed E-state index contributed by atoms with van der Waals surface area (Å²) in [6, 6.07) is 0. The zero-order chi connectivity index (χ0) is 11.4. The second-order valence-corrected chi connectivity index (χ2v) is 4.66. The van der Waals surface area contributed by atoms with Crippen LogP contribution < -0.4 is 11.1 Å². The lowest BCUT2D eigenvalue weighted by Gasteiger charge is -2.35. The van der Waals surface area contributed by atoms with Gasteiger partial charge in [0.1, 0.15) is 6.61 Å². The highest BCUT2D eigenvalue weighted by Crippen LogP contribution is 2.16. The molecule has 0 saturated carbocycles. The molecule has 5 heteroatoms. The van der Waals surface area contributed by atoms with Gasteiger partial charge in [0.15, 0.2) is 0 Å². The van der Waals surface area contributed by atoms with Crippen molar-refractivity contribution in [1.29, 1.82) is 0 Å². The van der Waals surface area contributed by atoms with Gasteiger partial charge in [0.05, 0.1) is 6.10 Å². The zero-order valence-electron chi connectivity index (χ0n) is 9.65. The Balaban J connectivity index is 1.83. The Kier molecular flexibility index (Phi) is 4.15. The van der Waals surface area contributed by atoms with Gasteiger partial charge in [0.25, 0.3) is 0 Å². The van der Waals surface area contributed by atoms with Crippen LogP contribution in [0.1, 0.15) is 12.8 Å². The molecule has 2 saturated heterocycles. The minimum atomic E-state index is 0.0272. The van der Waals surface area contributed by atoms with E-state index in [-0.39, 0.29) is 18.6 Å². The number of amides is 1. The van der Waals surface area contributed by atoms with Crippen LogP contribution >= 0.6 is 0 Å². The summed E-state index contributed by atoms with van der Waals surface area (Å²) in [7, 11) is 0. The minimum absolute atomic E-state index is 0.0272. The standard InChI is InChI=1S/C11H21N3O2/c12-5-10-7-14(11(15)8-16-10)6-9-1-3-13-4-2-9/h9-10,13H,1-8,12H2. The van der Waals surface area contributed by atoms with E-state index in [0.29, 0.717) is 19.0 Å². The number of hydrogen-bond acceptors (Lipinski definition) is 4. The van der Waals surface area contributed by atoms with Gasteiger partial charge in [0.2, 0.25) is 5.91 Å². The van der Waals surface area contributed by atoms with Gasteiger partial charge < -0.3 is 20.7 Å². The third-order valence-corrected chi connectivity index (χ3v) is 3.42. The van der Waals surface area contributed by atoms with Crippen molar-refractivity contribution >= 4 is 5.91 Å². The maximum atomic E-state index is 11.7. The molecule has 92 valence electrons. The molecule has 3 N–H and O–H groups in total. The summed E-state index contributed by atoms with van der Waals surface area (Å²) in [5, 5.41) is 3.33. The van der Waals surface area contributed by atoms with Gasteiger partial charge in [-0.25, -0.2) is 0 Å². The molecular weight excluding hydrogens is 206 g/mol. The predicted molar refractivity (Wildman–Crippen MR) is 61.0 cm³/mol. The van der Waals surface area contributed by atoms with E-state index in [4.69, 9.17) is 10.5 Å². The number of nitrogens with zero attached hydrogens (tertiary/aromatic N) is 1. The van der Waals surface area contributed by atoms with E-state index in [1.807, 2.05) is 4.90 Å². The number of rotatable bonds is 3. The van der Waals surface area contributed by atoms with E-state index < -0.39 is 0 Å². The van der Waals surface area contributed by atoms with E-state index in [9.17, 15) is 4.79 Å². The summed E-state index contributed by atoms with van der Waals surface area (Å²) in [6.07, 6.45) is 2.36. The van der Waals surface area contributed by atoms with Gasteiger partial charge >= 0.3 is 0 Å². The van der Waals surface area contributed by atoms with Crippen LogP contribution in [0.3, 0.4) is 0 Å². The van der Waals surface area contributed by atoms with Crippen LogP contribution in [-0.4, -0.2) is 56.2 Å². The fraction of sp³-hybridized carbons (Fsp3) is 0.909. The molecule has 2 heterocycles. The first kappa shape index (κ1) is 11.8. The highest BCUT2D eigenvalue weighted by Gasteiger charge is 2.27. The van der Waals surface area contributed by atoms with E-state index >= 15 is 0 Å². The van der Waals surface area contributed by atoms with Crippen molar-refractivity contribution < 1.29 is 9.53 Å². The minimum Gasteiger partial charge on any atom is -0.365 e. The lowest BCUT2D eigenvalue weighted by molar-refractivity contribution is -0.149. The Bertz CT molecular complexity index is 241. The molecule has 2 rings (SSSR count). The molecular formula is C11H21N3O2. The normalized spacial score (nSPS) is 28.4. The summed E-state index contributed by atoms with van der Waals surface area (Å²) >= 11 is 0. The van der Waals surface area contributed by atoms with Gasteiger partial charge in [-0.2, -0.15) is 0 Å². The Morgan fingerprint density at radius 3 is 2.88 bits per heavy atom. The van der Waals surface area contributed by atoms with Gasteiger partial charge in [-0.1, -0.05) is 0 Å². The van der Waals surface area contributed by atoms with E-state index in [0.717, 1.165) is 32.5 Å². The Morgan fingerprint density at radius 1 is 1.44 bits per heavy atom. The second-order valence-electron chi connectivity index (χ2n) is 4.66. The van der Waals surface area contributed by atoms with Crippen molar-refractivity contribution in [3.05, 3.63) is 0 Å². The second kappa shape index (κ2) is 5.61. The van der Waals surface area contributed by atoms with Crippen molar-refractivity contribution in [3.8, 4) is 0 Å². The first-order valence-electron chi connectivity index (χ1n) is 6.09.